The molecule has 1 aromatic heterocycles. The second-order valence-corrected chi connectivity index (χ2v) is 2.76. The second-order valence-electron chi connectivity index (χ2n) is 2.76. The molecule has 1 aliphatic heterocycles. The number of amides is 2. The number of carbonyl (C=O) groups excluding carboxylic acids is 2. The Morgan fingerprint density at radius 1 is 1.71 bits per heavy atom. The van der Waals surface area contributed by atoms with Crippen molar-refractivity contribution in [1.29, 1.82) is 0 Å². The lowest BCUT2D eigenvalue weighted by Gasteiger charge is -2.14. The van der Waals surface area contributed by atoms with Crippen LogP contribution in [0.1, 0.15) is 10.5 Å². The Balaban J connectivity index is 2.38. The molecular weight excluding hydrogens is 188 g/mol. The van der Waals surface area contributed by atoms with Crippen LogP contribution < -0.4 is 15.8 Å². The summed E-state index contributed by atoms with van der Waals surface area (Å²) < 4.78 is 6.09. The van der Waals surface area contributed by atoms with Crippen LogP contribution >= 0.6 is 0 Å². The third kappa shape index (κ3) is 1.28. The van der Waals surface area contributed by atoms with Crippen molar-refractivity contribution in [2.45, 2.75) is 6.54 Å². The molecule has 3 N–H and O–H groups in total. The molecule has 74 valence electrons. The number of primary amides is 1. The van der Waals surface area contributed by atoms with Crippen molar-refractivity contribution in [3.8, 4) is 5.75 Å². The summed E-state index contributed by atoms with van der Waals surface area (Å²) >= 11 is 0. The maximum Gasteiger partial charge on any atom is 0.410 e. The van der Waals surface area contributed by atoms with Crippen LogP contribution in [0.3, 0.4) is 0 Å². The maximum absolute atomic E-state index is 11.3. The van der Waals surface area contributed by atoms with Crippen LogP contribution in [0.2, 0.25) is 0 Å². The zero-order valence-electron chi connectivity index (χ0n) is 7.19. The molecule has 0 spiro atoms. The smallest absolute Gasteiger partial charge is 0.406 e. The van der Waals surface area contributed by atoms with Gasteiger partial charge in [0.05, 0.1) is 12.7 Å². The lowest BCUT2D eigenvalue weighted by atomic mass is 10.3. The first-order chi connectivity index (χ1) is 6.68. The van der Waals surface area contributed by atoms with E-state index in [1.165, 1.54) is 10.9 Å². The number of aromatic nitrogens is 2. The Hall–Kier alpha value is -2.05. The van der Waals surface area contributed by atoms with Gasteiger partial charge in [-0.25, -0.2) is 4.79 Å². The minimum Gasteiger partial charge on any atom is -0.406 e. The molecule has 0 aromatic carbocycles. The lowest BCUT2D eigenvalue weighted by Crippen LogP contribution is -2.36. The van der Waals surface area contributed by atoms with Crippen LogP contribution in [0.15, 0.2) is 6.20 Å². The van der Waals surface area contributed by atoms with E-state index in [2.05, 4.69) is 15.2 Å². The number of carbonyl (C=O) groups is 2. The minimum atomic E-state index is -0.959. The van der Waals surface area contributed by atoms with E-state index in [-0.39, 0.29) is 17.4 Å². The van der Waals surface area contributed by atoms with Gasteiger partial charge in [-0.05, 0) is 0 Å². The van der Waals surface area contributed by atoms with Crippen molar-refractivity contribution in [3.05, 3.63) is 11.9 Å². The molecule has 7 heteroatoms. The molecule has 14 heavy (non-hydrogen) atoms. The van der Waals surface area contributed by atoms with Crippen LogP contribution in [-0.4, -0.2) is 28.3 Å². The molecule has 2 heterocycles. The number of ether oxygens (including phenoxy) is 1. The van der Waals surface area contributed by atoms with Gasteiger partial charge in [-0.15, -0.1) is 0 Å². The number of nitrogens with two attached hydrogens (primary N) is 1. The first-order valence-corrected chi connectivity index (χ1v) is 4.00. The van der Waals surface area contributed by atoms with Crippen molar-refractivity contribution in [2.75, 3.05) is 6.54 Å². The predicted octanol–water partition coefficient (Wildman–Crippen LogP) is -0.916. The summed E-state index contributed by atoms with van der Waals surface area (Å²) in [6, 6.07) is 0. The molecule has 0 atom stereocenters. The van der Waals surface area contributed by atoms with Gasteiger partial charge in [0.1, 0.15) is 0 Å². The molecule has 1 aromatic rings. The SMILES string of the molecule is NC(=O)Oc1cnn2c1C(=O)NCC2. The van der Waals surface area contributed by atoms with Crippen LogP contribution in [0, 0.1) is 0 Å². The molecule has 0 unspecified atom stereocenters. The second kappa shape index (κ2) is 3.02. The van der Waals surface area contributed by atoms with Crippen LogP contribution in [0.4, 0.5) is 4.79 Å². The molecule has 0 radical (unpaired) electrons. The average molecular weight is 196 g/mol. The van der Waals surface area contributed by atoms with Crippen molar-refractivity contribution >= 4 is 12.0 Å². The Morgan fingerprint density at radius 3 is 3.21 bits per heavy atom. The van der Waals surface area contributed by atoms with Gasteiger partial charge in [0.2, 0.25) is 0 Å². The maximum atomic E-state index is 11.3. The van der Waals surface area contributed by atoms with E-state index >= 15 is 0 Å². The zero-order chi connectivity index (χ0) is 10.1. The molecule has 0 fully saturated rings. The normalized spacial score (nSPS) is 14.4. The highest BCUT2D eigenvalue weighted by Gasteiger charge is 2.24. The molecule has 0 saturated carbocycles. The largest absolute Gasteiger partial charge is 0.410 e. The molecule has 0 aliphatic carbocycles. The fraction of sp³-hybridized carbons (Fsp3) is 0.286. The van der Waals surface area contributed by atoms with Gasteiger partial charge >= 0.3 is 6.09 Å². The third-order valence-electron chi connectivity index (χ3n) is 1.84. The van der Waals surface area contributed by atoms with Crippen LogP contribution in [-0.2, 0) is 6.54 Å². The number of fused-ring (bicyclic) bond motifs is 1. The summed E-state index contributed by atoms with van der Waals surface area (Å²) in [7, 11) is 0. The highest BCUT2D eigenvalue weighted by atomic mass is 16.5. The van der Waals surface area contributed by atoms with Crippen molar-refractivity contribution in [3.63, 3.8) is 0 Å². The monoisotopic (exact) mass is 196 g/mol. The van der Waals surface area contributed by atoms with E-state index in [1.807, 2.05) is 0 Å². The Labute approximate surface area is 78.8 Å². The molecule has 2 amide bonds. The number of nitrogens with one attached hydrogen (secondary N) is 1. The Kier molecular flexibility index (Phi) is 1.84. The highest BCUT2D eigenvalue weighted by Crippen LogP contribution is 2.19. The minimum absolute atomic E-state index is 0.0923. The fourth-order valence-electron chi connectivity index (χ4n) is 1.31. The summed E-state index contributed by atoms with van der Waals surface area (Å²) in [6.07, 6.45) is 0.338. The van der Waals surface area contributed by atoms with E-state index in [1.54, 1.807) is 0 Å². The topological polar surface area (TPSA) is 99.2 Å². The van der Waals surface area contributed by atoms with Gasteiger partial charge in [-0.3, -0.25) is 9.48 Å². The Bertz CT molecular complexity index is 398. The van der Waals surface area contributed by atoms with Crippen molar-refractivity contribution < 1.29 is 14.3 Å². The lowest BCUT2D eigenvalue weighted by molar-refractivity contribution is 0.0921. The van der Waals surface area contributed by atoms with E-state index in [9.17, 15) is 9.59 Å². The average Bonchev–Trinajstić information content (AvgIpc) is 2.49. The van der Waals surface area contributed by atoms with E-state index in [0.29, 0.717) is 13.1 Å². The van der Waals surface area contributed by atoms with Gasteiger partial charge in [-0.1, -0.05) is 0 Å². The Morgan fingerprint density at radius 2 is 2.50 bits per heavy atom. The highest BCUT2D eigenvalue weighted by molar-refractivity contribution is 5.96. The van der Waals surface area contributed by atoms with E-state index in [4.69, 9.17) is 5.73 Å². The first kappa shape index (κ1) is 8.54. The zero-order valence-corrected chi connectivity index (χ0v) is 7.19. The predicted molar refractivity (Wildman–Crippen MR) is 44.8 cm³/mol. The molecule has 0 saturated heterocycles. The summed E-state index contributed by atoms with van der Waals surface area (Å²) in [5, 5.41) is 6.49. The molecule has 2 rings (SSSR count). The standard InChI is InChI=1S/C7H8N4O3/c8-7(13)14-4-3-10-11-2-1-9-6(12)5(4)11/h3H,1-2H2,(H2,8,13)(H,9,12). The molecule has 0 bridgehead atoms. The number of nitrogens with zero attached hydrogens (tertiary/aromatic N) is 2. The van der Waals surface area contributed by atoms with Gasteiger partial charge in [0.15, 0.2) is 11.4 Å². The number of rotatable bonds is 1. The van der Waals surface area contributed by atoms with Gasteiger partial charge in [-0.2, -0.15) is 5.10 Å². The number of hydrogen-bond donors (Lipinski definition) is 2. The van der Waals surface area contributed by atoms with Crippen molar-refractivity contribution in [1.82, 2.24) is 15.1 Å². The van der Waals surface area contributed by atoms with Gasteiger partial charge in [0, 0.05) is 6.54 Å². The quantitative estimate of drug-likeness (QED) is 0.606. The fourth-order valence-corrected chi connectivity index (χ4v) is 1.31. The summed E-state index contributed by atoms with van der Waals surface area (Å²) in [6.45, 7) is 1.08. The van der Waals surface area contributed by atoms with E-state index < -0.39 is 6.09 Å². The molecule has 1 aliphatic rings. The summed E-state index contributed by atoms with van der Waals surface area (Å²) in [5.74, 6) is -0.222. The van der Waals surface area contributed by atoms with Gasteiger partial charge in [0.25, 0.3) is 5.91 Å². The first-order valence-electron chi connectivity index (χ1n) is 4.00. The molecular formula is C7H8N4O3. The van der Waals surface area contributed by atoms with Crippen LogP contribution in [0.25, 0.3) is 0 Å². The van der Waals surface area contributed by atoms with Gasteiger partial charge < -0.3 is 15.8 Å². The van der Waals surface area contributed by atoms with Crippen molar-refractivity contribution in [2.24, 2.45) is 5.73 Å². The summed E-state index contributed by atoms with van der Waals surface area (Å²) in [4.78, 5) is 21.8. The van der Waals surface area contributed by atoms with E-state index in [0.717, 1.165) is 0 Å². The molecule has 7 nitrogen and oxygen atoms in total. The summed E-state index contributed by atoms with van der Waals surface area (Å²) in [5.41, 5.74) is 5.06. The van der Waals surface area contributed by atoms with Crippen LogP contribution in [0.5, 0.6) is 5.75 Å². The third-order valence-corrected chi connectivity index (χ3v) is 1.84. The number of hydrogen-bond acceptors (Lipinski definition) is 4.